The Kier molecular flexibility index (Phi) is 3.70. The van der Waals surface area contributed by atoms with E-state index in [2.05, 4.69) is 11.3 Å². The molecule has 0 bridgehead atoms. The van der Waals surface area contributed by atoms with Gasteiger partial charge in [0, 0.05) is 24.5 Å². The van der Waals surface area contributed by atoms with Gasteiger partial charge in [-0.3, -0.25) is 4.68 Å². The Morgan fingerprint density at radius 1 is 1.73 bits per heavy atom. The molecule has 1 aromatic rings. The molecule has 4 heteroatoms. The SMILES string of the molecule is Cn1cc(CCC(N)C2CCCS2)cn1. The van der Waals surface area contributed by atoms with Crippen LogP contribution in [0, 0.1) is 0 Å². The smallest absolute Gasteiger partial charge is 0.0521 e. The molecule has 0 radical (unpaired) electrons. The first-order valence-corrected chi connectivity index (χ1v) is 6.65. The third kappa shape index (κ3) is 2.98. The van der Waals surface area contributed by atoms with Gasteiger partial charge >= 0.3 is 0 Å². The van der Waals surface area contributed by atoms with E-state index in [-0.39, 0.29) is 0 Å². The fourth-order valence-corrected chi connectivity index (χ4v) is 3.41. The Bertz CT molecular complexity index is 305. The van der Waals surface area contributed by atoms with Crippen molar-refractivity contribution in [3.05, 3.63) is 18.0 Å². The second kappa shape index (κ2) is 5.03. The van der Waals surface area contributed by atoms with E-state index < -0.39 is 0 Å². The lowest BCUT2D eigenvalue weighted by molar-refractivity contribution is 0.570. The van der Waals surface area contributed by atoms with Crippen LogP contribution in [0.4, 0.5) is 0 Å². The number of thioether (sulfide) groups is 1. The van der Waals surface area contributed by atoms with Crippen molar-refractivity contribution in [1.82, 2.24) is 9.78 Å². The predicted octanol–water partition coefficient (Wildman–Crippen LogP) is 1.58. The van der Waals surface area contributed by atoms with Crippen molar-refractivity contribution < 1.29 is 0 Å². The van der Waals surface area contributed by atoms with E-state index in [1.54, 1.807) is 0 Å². The van der Waals surface area contributed by atoms with Gasteiger partial charge in [0.2, 0.25) is 0 Å². The minimum absolute atomic E-state index is 0.359. The molecule has 84 valence electrons. The van der Waals surface area contributed by atoms with E-state index in [4.69, 9.17) is 5.73 Å². The zero-order valence-corrected chi connectivity index (χ0v) is 10.0. The van der Waals surface area contributed by atoms with Gasteiger partial charge in [-0.1, -0.05) is 0 Å². The monoisotopic (exact) mass is 225 g/mol. The molecular weight excluding hydrogens is 206 g/mol. The minimum atomic E-state index is 0.359. The average molecular weight is 225 g/mol. The van der Waals surface area contributed by atoms with Gasteiger partial charge < -0.3 is 5.73 Å². The Hall–Kier alpha value is -0.480. The molecule has 0 spiro atoms. The molecule has 3 nitrogen and oxygen atoms in total. The van der Waals surface area contributed by atoms with Crippen molar-refractivity contribution in [2.45, 2.75) is 37.0 Å². The van der Waals surface area contributed by atoms with Gasteiger partial charge in [0.25, 0.3) is 0 Å². The van der Waals surface area contributed by atoms with Gasteiger partial charge in [0.1, 0.15) is 0 Å². The number of aryl methyl sites for hydroxylation is 2. The van der Waals surface area contributed by atoms with Crippen molar-refractivity contribution in [2.24, 2.45) is 12.8 Å². The summed E-state index contributed by atoms with van der Waals surface area (Å²) in [7, 11) is 1.95. The van der Waals surface area contributed by atoms with Crippen molar-refractivity contribution in [3.8, 4) is 0 Å². The molecule has 0 aliphatic carbocycles. The van der Waals surface area contributed by atoms with Crippen molar-refractivity contribution in [2.75, 3.05) is 5.75 Å². The van der Waals surface area contributed by atoms with Crippen LogP contribution in [0.2, 0.25) is 0 Å². The van der Waals surface area contributed by atoms with Crippen LogP contribution in [0.5, 0.6) is 0 Å². The number of rotatable bonds is 4. The first kappa shape index (κ1) is 11.0. The molecule has 2 atom stereocenters. The van der Waals surface area contributed by atoms with E-state index in [9.17, 15) is 0 Å². The molecule has 15 heavy (non-hydrogen) atoms. The Labute approximate surface area is 95.4 Å². The largest absolute Gasteiger partial charge is 0.327 e. The molecule has 1 saturated heterocycles. The summed E-state index contributed by atoms with van der Waals surface area (Å²) in [6.45, 7) is 0. The van der Waals surface area contributed by atoms with Crippen molar-refractivity contribution in [1.29, 1.82) is 0 Å². The Balaban J connectivity index is 1.77. The first-order valence-electron chi connectivity index (χ1n) is 5.60. The molecule has 1 aliphatic rings. The van der Waals surface area contributed by atoms with E-state index >= 15 is 0 Å². The summed E-state index contributed by atoms with van der Waals surface area (Å²) in [5.74, 6) is 1.30. The maximum Gasteiger partial charge on any atom is 0.0521 e. The highest BCUT2D eigenvalue weighted by Gasteiger charge is 2.22. The van der Waals surface area contributed by atoms with E-state index in [1.807, 2.05) is 29.7 Å². The predicted molar refractivity (Wildman–Crippen MR) is 65.0 cm³/mol. The number of nitrogens with zero attached hydrogens (tertiary/aromatic N) is 2. The maximum absolute atomic E-state index is 6.19. The molecule has 1 fully saturated rings. The summed E-state index contributed by atoms with van der Waals surface area (Å²) in [5, 5.41) is 4.86. The van der Waals surface area contributed by atoms with Gasteiger partial charge in [0.15, 0.2) is 0 Å². The first-order chi connectivity index (χ1) is 7.25. The van der Waals surface area contributed by atoms with Gasteiger partial charge in [-0.05, 0) is 37.0 Å². The number of hydrogen-bond acceptors (Lipinski definition) is 3. The van der Waals surface area contributed by atoms with Crippen LogP contribution in [0.25, 0.3) is 0 Å². The van der Waals surface area contributed by atoms with Crippen LogP contribution < -0.4 is 5.73 Å². The van der Waals surface area contributed by atoms with Gasteiger partial charge in [-0.25, -0.2) is 0 Å². The highest BCUT2D eigenvalue weighted by molar-refractivity contribution is 8.00. The number of nitrogens with two attached hydrogens (primary N) is 1. The topological polar surface area (TPSA) is 43.8 Å². The van der Waals surface area contributed by atoms with Crippen LogP contribution in [0.15, 0.2) is 12.4 Å². The molecule has 0 amide bonds. The second-order valence-electron chi connectivity index (χ2n) is 4.28. The molecule has 0 aromatic carbocycles. The molecule has 1 aromatic heterocycles. The summed E-state index contributed by atoms with van der Waals surface area (Å²) >= 11 is 2.04. The third-order valence-electron chi connectivity index (χ3n) is 2.97. The van der Waals surface area contributed by atoms with Crippen LogP contribution in [0.1, 0.15) is 24.8 Å². The molecule has 0 saturated carbocycles. The lowest BCUT2D eigenvalue weighted by Crippen LogP contribution is -2.31. The average Bonchev–Trinajstić information content (AvgIpc) is 2.84. The second-order valence-corrected chi connectivity index (χ2v) is 5.62. The lowest BCUT2D eigenvalue weighted by atomic mass is 10.0. The molecular formula is C11H19N3S. The fourth-order valence-electron chi connectivity index (χ4n) is 2.06. The standard InChI is InChI=1S/C11H19N3S/c1-14-8-9(7-13-14)4-5-10(12)11-3-2-6-15-11/h7-8,10-11H,2-6,12H2,1H3. The molecule has 1 aliphatic heterocycles. The normalized spacial score (nSPS) is 23.2. The molecule has 2 unspecified atom stereocenters. The quantitative estimate of drug-likeness (QED) is 0.846. The molecule has 2 rings (SSSR count). The van der Waals surface area contributed by atoms with Crippen molar-refractivity contribution in [3.63, 3.8) is 0 Å². The number of hydrogen-bond donors (Lipinski definition) is 1. The summed E-state index contributed by atoms with van der Waals surface area (Å²) < 4.78 is 1.85. The van der Waals surface area contributed by atoms with Gasteiger partial charge in [-0.2, -0.15) is 16.9 Å². The van der Waals surface area contributed by atoms with E-state index in [1.165, 1.54) is 24.2 Å². The summed E-state index contributed by atoms with van der Waals surface area (Å²) in [4.78, 5) is 0. The number of aromatic nitrogens is 2. The van der Waals surface area contributed by atoms with Crippen LogP contribution in [0.3, 0.4) is 0 Å². The lowest BCUT2D eigenvalue weighted by Gasteiger charge is -2.17. The van der Waals surface area contributed by atoms with Crippen LogP contribution in [-0.4, -0.2) is 26.8 Å². The van der Waals surface area contributed by atoms with Gasteiger partial charge in [0.05, 0.1) is 6.20 Å². The minimum Gasteiger partial charge on any atom is -0.327 e. The highest BCUT2D eigenvalue weighted by atomic mass is 32.2. The third-order valence-corrected chi connectivity index (χ3v) is 4.50. The van der Waals surface area contributed by atoms with Crippen LogP contribution >= 0.6 is 11.8 Å². The fraction of sp³-hybridized carbons (Fsp3) is 0.727. The summed E-state index contributed by atoms with van der Waals surface area (Å²) in [6, 6.07) is 0.359. The Morgan fingerprint density at radius 2 is 2.60 bits per heavy atom. The van der Waals surface area contributed by atoms with Crippen molar-refractivity contribution >= 4 is 11.8 Å². The zero-order valence-electron chi connectivity index (χ0n) is 9.22. The Morgan fingerprint density at radius 3 is 3.20 bits per heavy atom. The molecule has 2 N–H and O–H groups in total. The summed E-state index contributed by atoms with van der Waals surface area (Å²) in [5.41, 5.74) is 7.49. The van der Waals surface area contributed by atoms with E-state index in [0.717, 1.165) is 12.8 Å². The maximum atomic E-state index is 6.19. The molecule has 2 heterocycles. The van der Waals surface area contributed by atoms with Gasteiger partial charge in [-0.15, -0.1) is 0 Å². The van der Waals surface area contributed by atoms with E-state index in [0.29, 0.717) is 11.3 Å². The summed E-state index contributed by atoms with van der Waals surface area (Å²) in [6.07, 6.45) is 8.81. The highest BCUT2D eigenvalue weighted by Crippen LogP contribution is 2.29. The zero-order chi connectivity index (χ0) is 10.7. The van der Waals surface area contributed by atoms with Crippen LogP contribution in [-0.2, 0) is 13.5 Å².